The fourth-order valence-electron chi connectivity index (χ4n) is 1.00. The highest BCUT2D eigenvalue weighted by Crippen LogP contribution is 2.25. The van der Waals surface area contributed by atoms with E-state index in [9.17, 15) is 0 Å². The van der Waals surface area contributed by atoms with E-state index in [4.69, 9.17) is 21.1 Å². The van der Waals surface area contributed by atoms with Gasteiger partial charge in [-0.3, -0.25) is 0 Å². The summed E-state index contributed by atoms with van der Waals surface area (Å²) in [4.78, 5) is 0. The molecule has 14 heavy (non-hydrogen) atoms. The molecule has 0 aliphatic heterocycles. The molecule has 0 spiro atoms. The van der Waals surface area contributed by atoms with E-state index >= 15 is 0 Å². The molecule has 0 aromatic heterocycles. The average Bonchev–Trinajstić information content (AvgIpc) is 2.21. The molecule has 1 aromatic carbocycles. The van der Waals surface area contributed by atoms with Crippen molar-refractivity contribution in [2.45, 2.75) is 6.92 Å². The summed E-state index contributed by atoms with van der Waals surface area (Å²) in [5.74, 6) is 0.672. The summed E-state index contributed by atoms with van der Waals surface area (Å²) >= 11 is 5.88. The van der Waals surface area contributed by atoms with E-state index in [0.717, 1.165) is 5.56 Å². The van der Waals surface area contributed by atoms with Crippen molar-refractivity contribution in [3.63, 3.8) is 0 Å². The average molecular weight is 213 g/mol. The summed E-state index contributed by atoms with van der Waals surface area (Å²) in [5, 5.41) is 0.612. The first kappa shape index (κ1) is 10.9. The van der Waals surface area contributed by atoms with Gasteiger partial charge < -0.3 is 9.47 Å². The minimum Gasteiger partial charge on any atom is -0.501 e. The zero-order valence-electron chi connectivity index (χ0n) is 8.29. The Bertz CT molecular complexity index is 321. The van der Waals surface area contributed by atoms with Crippen molar-refractivity contribution in [2.75, 3.05) is 13.7 Å². The van der Waals surface area contributed by atoms with Crippen LogP contribution in [0.3, 0.4) is 0 Å². The van der Waals surface area contributed by atoms with Gasteiger partial charge in [0.2, 0.25) is 0 Å². The topological polar surface area (TPSA) is 18.5 Å². The largest absolute Gasteiger partial charge is 0.501 e. The Labute approximate surface area is 89.1 Å². The summed E-state index contributed by atoms with van der Waals surface area (Å²) < 4.78 is 10.2. The SMILES string of the molecule is CCO/C=C/c1ccc(Cl)c(OC)c1. The fourth-order valence-corrected chi connectivity index (χ4v) is 1.20. The second-order valence-corrected chi connectivity index (χ2v) is 3.06. The molecular weight excluding hydrogens is 200 g/mol. The highest BCUT2D eigenvalue weighted by molar-refractivity contribution is 6.32. The maximum absolute atomic E-state index is 5.88. The van der Waals surface area contributed by atoms with E-state index in [2.05, 4.69) is 0 Å². The first-order valence-electron chi connectivity index (χ1n) is 4.39. The summed E-state index contributed by atoms with van der Waals surface area (Å²) in [7, 11) is 1.59. The van der Waals surface area contributed by atoms with Gasteiger partial charge in [-0.2, -0.15) is 0 Å². The molecule has 0 saturated carbocycles. The number of rotatable bonds is 4. The molecule has 3 heteroatoms. The third-order valence-electron chi connectivity index (χ3n) is 1.70. The van der Waals surface area contributed by atoms with Crippen LogP contribution in [0, 0.1) is 0 Å². The van der Waals surface area contributed by atoms with E-state index in [1.165, 1.54) is 0 Å². The molecule has 0 unspecified atom stereocenters. The highest BCUT2D eigenvalue weighted by Gasteiger charge is 1.99. The quantitative estimate of drug-likeness (QED) is 0.713. The predicted octanol–water partition coefficient (Wildman–Crippen LogP) is 3.36. The summed E-state index contributed by atoms with van der Waals surface area (Å²) in [6, 6.07) is 5.56. The van der Waals surface area contributed by atoms with Gasteiger partial charge in [-0.15, -0.1) is 0 Å². The second-order valence-electron chi connectivity index (χ2n) is 2.65. The van der Waals surface area contributed by atoms with Crippen LogP contribution in [0.25, 0.3) is 6.08 Å². The van der Waals surface area contributed by atoms with E-state index in [1.807, 2.05) is 25.1 Å². The van der Waals surface area contributed by atoms with Gasteiger partial charge in [-0.1, -0.05) is 17.7 Å². The molecule has 0 heterocycles. The molecule has 0 N–H and O–H groups in total. The van der Waals surface area contributed by atoms with Crippen LogP contribution in [0.1, 0.15) is 12.5 Å². The Hall–Kier alpha value is -1.15. The molecule has 2 nitrogen and oxygen atoms in total. The Balaban J connectivity index is 2.79. The number of methoxy groups -OCH3 is 1. The minimum atomic E-state index is 0.612. The van der Waals surface area contributed by atoms with Crippen molar-refractivity contribution in [3.8, 4) is 5.75 Å². The van der Waals surface area contributed by atoms with Gasteiger partial charge >= 0.3 is 0 Å². The molecule has 0 saturated heterocycles. The first-order valence-corrected chi connectivity index (χ1v) is 4.77. The van der Waals surface area contributed by atoms with Crippen molar-refractivity contribution in [1.82, 2.24) is 0 Å². The van der Waals surface area contributed by atoms with Gasteiger partial charge in [0.15, 0.2) is 0 Å². The van der Waals surface area contributed by atoms with Crippen LogP contribution >= 0.6 is 11.6 Å². The van der Waals surface area contributed by atoms with Crippen LogP contribution in [-0.4, -0.2) is 13.7 Å². The van der Waals surface area contributed by atoms with Gasteiger partial charge in [-0.25, -0.2) is 0 Å². The van der Waals surface area contributed by atoms with Crippen molar-refractivity contribution in [2.24, 2.45) is 0 Å². The maximum atomic E-state index is 5.88. The van der Waals surface area contributed by atoms with Crippen LogP contribution < -0.4 is 4.74 Å². The second kappa shape index (κ2) is 5.55. The van der Waals surface area contributed by atoms with E-state index < -0.39 is 0 Å². The highest BCUT2D eigenvalue weighted by atomic mass is 35.5. The Morgan fingerprint density at radius 1 is 1.43 bits per heavy atom. The van der Waals surface area contributed by atoms with Crippen molar-refractivity contribution >= 4 is 17.7 Å². The normalized spacial score (nSPS) is 10.5. The lowest BCUT2D eigenvalue weighted by atomic mass is 10.2. The first-order chi connectivity index (χ1) is 6.77. The van der Waals surface area contributed by atoms with Gasteiger partial charge in [-0.05, 0) is 30.7 Å². The maximum Gasteiger partial charge on any atom is 0.138 e. The molecule has 0 fully saturated rings. The molecule has 0 aliphatic carbocycles. The molecule has 0 bridgehead atoms. The standard InChI is InChI=1S/C11H13ClO2/c1-3-14-7-6-9-4-5-10(12)11(8-9)13-2/h4-8H,3H2,1-2H3/b7-6+. The zero-order valence-corrected chi connectivity index (χ0v) is 9.04. The van der Waals surface area contributed by atoms with Crippen LogP contribution in [0.2, 0.25) is 5.02 Å². The van der Waals surface area contributed by atoms with E-state index in [0.29, 0.717) is 17.4 Å². The van der Waals surface area contributed by atoms with Crippen LogP contribution in [0.15, 0.2) is 24.5 Å². The number of hydrogen-bond donors (Lipinski definition) is 0. The molecular formula is C11H13ClO2. The number of halogens is 1. The minimum absolute atomic E-state index is 0.612. The van der Waals surface area contributed by atoms with Crippen LogP contribution in [-0.2, 0) is 4.74 Å². The van der Waals surface area contributed by atoms with Crippen molar-refractivity contribution < 1.29 is 9.47 Å². The summed E-state index contributed by atoms with van der Waals surface area (Å²) in [5.41, 5.74) is 1.000. The lowest BCUT2D eigenvalue weighted by molar-refractivity contribution is 0.272. The van der Waals surface area contributed by atoms with Gasteiger partial charge in [0.25, 0.3) is 0 Å². The van der Waals surface area contributed by atoms with E-state index in [-0.39, 0.29) is 0 Å². The number of hydrogen-bond acceptors (Lipinski definition) is 2. The van der Waals surface area contributed by atoms with Gasteiger partial charge in [0, 0.05) is 0 Å². The lowest BCUT2D eigenvalue weighted by Crippen LogP contribution is -1.85. The third kappa shape index (κ3) is 2.96. The van der Waals surface area contributed by atoms with Crippen LogP contribution in [0.5, 0.6) is 5.75 Å². The Morgan fingerprint density at radius 3 is 2.86 bits per heavy atom. The predicted molar refractivity (Wildman–Crippen MR) is 58.7 cm³/mol. The fraction of sp³-hybridized carbons (Fsp3) is 0.273. The molecule has 0 amide bonds. The van der Waals surface area contributed by atoms with Crippen molar-refractivity contribution in [3.05, 3.63) is 35.0 Å². The molecule has 0 atom stereocenters. The van der Waals surface area contributed by atoms with E-state index in [1.54, 1.807) is 19.4 Å². The van der Waals surface area contributed by atoms with Gasteiger partial charge in [0.1, 0.15) is 5.75 Å². The molecule has 76 valence electrons. The summed E-state index contributed by atoms with van der Waals surface area (Å²) in [6.07, 6.45) is 3.52. The third-order valence-corrected chi connectivity index (χ3v) is 2.01. The Kier molecular flexibility index (Phi) is 4.33. The zero-order chi connectivity index (χ0) is 10.4. The Morgan fingerprint density at radius 2 is 2.21 bits per heavy atom. The van der Waals surface area contributed by atoms with Crippen molar-refractivity contribution in [1.29, 1.82) is 0 Å². The monoisotopic (exact) mass is 212 g/mol. The smallest absolute Gasteiger partial charge is 0.138 e. The number of benzene rings is 1. The summed E-state index contributed by atoms with van der Waals surface area (Å²) in [6.45, 7) is 2.61. The number of ether oxygens (including phenoxy) is 2. The molecule has 1 aromatic rings. The van der Waals surface area contributed by atoms with Crippen LogP contribution in [0.4, 0.5) is 0 Å². The van der Waals surface area contributed by atoms with Gasteiger partial charge in [0.05, 0.1) is 25.0 Å². The molecule has 1 rings (SSSR count). The molecule has 0 radical (unpaired) electrons. The molecule has 0 aliphatic rings. The lowest BCUT2D eigenvalue weighted by Gasteiger charge is -2.03.